The number of hydrogen-bond acceptors (Lipinski definition) is 3. The molecule has 3 aliphatic rings. The molecule has 4 heteroatoms. The Balaban J connectivity index is 1.70. The van der Waals surface area contributed by atoms with E-state index in [2.05, 4.69) is 60.7 Å². The zero-order valence-corrected chi connectivity index (χ0v) is 26.3. The minimum atomic E-state index is -1.74. The molecule has 0 aliphatic heterocycles. The molecule has 2 fully saturated rings. The number of hydrogen-bond donors (Lipinski definition) is 0. The van der Waals surface area contributed by atoms with Gasteiger partial charge in [-0.05, 0) is 111 Å². The molecule has 0 saturated heterocycles. The molecule has 0 heterocycles. The molecule has 0 aromatic heterocycles. The van der Waals surface area contributed by atoms with E-state index in [4.69, 9.17) is 9.16 Å². The molecule has 0 aromatic carbocycles. The fourth-order valence-corrected chi connectivity index (χ4v) is 9.06. The predicted molar refractivity (Wildman–Crippen MR) is 154 cm³/mol. The highest BCUT2D eigenvalue weighted by Crippen LogP contribution is 2.58. The maximum atomic E-state index is 11.7. The largest absolute Gasteiger partial charge is 0.469 e. The van der Waals surface area contributed by atoms with E-state index < -0.39 is 8.32 Å². The van der Waals surface area contributed by atoms with Crippen molar-refractivity contribution in [3.05, 3.63) is 11.6 Å². The lowest BCUT2D eigenvalue weighted by Crippen LogP contribution is -2.48. The van der Waals surface area contributed by atoms with Crippen molar-refractivity contribution in [2.24, 2.45) is 35.0 Å². The minimum Gasteiger partial charge on any atom is -0.469 e. The van der Waals surface area contributed by atoms with Gasteiger partial charge in [-0.3, -0.25) is 4.79 Å². The Kier molecular flexibility index (Phi) is 10.0. The molecule has 0 aromatic rings. The van der Waals surface area contributed by atoms with Crippen molar-refractivity contribution >= 4 is 14.3 Å². The first kappa shape index (κ1) is 29.9. The lowest BCUT2D eigenvalue weighted by Gasteiger charge is -2.53. The van der Waals surface area contributed by atoms with Crippen LogP contribution < -0.4 is 0 Å². The van der Waals surface area contributed by atoms with Gasteiger partial charge in [0.25, 0.3) is 0 Å². The van der Waals surface area contributed by atoms with Crippen LogP contribution in [-0.2, 0) is 14.0 Å². The number of carbonyl (C=O) groups is 1. The number of fused-ring (bicyclic) bond motifs is 1. The average Bonchev–Trinajstić information content (AvgIpc) is 3.30. The van der Waals surface area contributed by atoms with Gasteiger partial charge in [0.05, 0.1) is 7.11 Å². The smallest absolute Gasteiger partial charge is 0.305 e. The molecule has 0 bridgehead atoms. The maximum absolute atomic E-state index is 11.7. The third-order valence-corrected chi connectivity index (χ3v) is 15.8. The third kappa shape index (κ3) is 6.68. The fourth-order valence-electron chi connectivity index (χ4n) is 7.67. The molecule has 208 valence electrons. The Morgan fingerprint density at radius 1 is 1.22 bits per heavy atom. The first-order valence-corrected chi connectivity index (χ1v) is 18.2. The van der Waals surface area contributed by atoms with Gasteiger partial charge in [-0.15, -0.1) is 0 Å². The lowest BCUT2D eigenvalue weighted by molar-refractivity contribution is -0.141. The molecule has 36 heavy (non-hydrogen) atoms. The number of allylic oxidation sites excluding steroid dienone is 1. The molecule has 7 atom stereocenters. The summed E-state index contributed by atoms with van der Waals surface area (Å²) in [5, 5.41) is 0.274. The minimum absolute atomic E-state index is 0.0537. The Morgan fingerprint density at radius 3 is 2.58 bits per heavy atom. The second kappa shape index (κ2) is 12.1. The Labute approximate surface area is 224 Å². The van der Waals surface area contributed by atoms with Gasteiger partial charge in [-0.2, -0.15) is 0 Å². The zero-order chi connectivity index (χ0) is 26.7. The van der Waals surface area contributed by atoms with Crippen LogP contribution in [0.25, 0.3) is 0 Å². The summed E-state index contributed by atoms with van der Waals surface area (Å²) in [6.07, 6.45) is 17.8. The van der Waals surface area contributed by atoms with E-state index in [0.29, 0.717) is 23.9 Å². The summed E-state index contributed by atoms with van der Waals surface area (Å²) in [5.41, 5.74) is 2.09. The molecule has 0 radical (unpaired) electrons. The van der Waals surface area contributed by atoms with Crippen molar-refractivity contribution in [3.63, 3.8) is 0 Å². The van der Waals surface area contributed by atoms with Crippen LogP contribution in [0.5, 0.6) is 0 Å². The quantitative estimate of drug-likeness (QED) is 0.164. The molecule has 3 nitrogen and oxygen atoms in total. The normalized spacial score (nSPS) is 34.1. The van der Waals surface area contributed by atoms with Gasteiger partial charge in [-0.1, -0.05) is 66.0 Å². The molecule has 3 rings (SSSR count). The van der Waals surface area contributed by atoms with Gasteiger partial charge in [0, 0.05) is 12.5 Å². The van der Waals surface area contributed by atoms with Crippen LogP contribution in [0, 0.1) is 35.0 Å². The second-order valence-corrected chi connectivity index (χ2v) is 19.2. The van der Waals surface area contributed by atoms with E-state index in [-0.39, 0.29) is 11.0 Å². The zero-order valence-electron chi connectivity index (χ0n) is 25.3. The molecule has 0 N–H and O–H groups in total. The van der Waals surface area contributed by atoms with E-state index in [0.717, 1.165) is 36.5 Å². The van der Waals surface area contributed by atoms with Gasteiger partial charge in [0.2, 0.25) is 0 Å². The van der Waals surface area contributed by atoms with Crippen LogP contribution >= 0.6 is 0 Å². The number of unbranched alkanes of at least 4 members (excludes halogenated alkanes) is 1. The van der Waals surface area contributed by atoms with Gasteiger partial charge in [-0.25, -0.2) is 0 Å². The van der Waals surface area contributed by atoms with Crippen LogP contribution in [-0.4, -0.2) is 27.5 Å². The summed E-state index contributed by atoms with van der Waals surface area (Å²) in [5.74, 6) is 3.85. The summed E-state index contributed by atoms with van der Waals surface area (Å²) in [6, 6.07) is 0. The monoisotopic (exact) mass is 518 g/mol. The number of methoxy groups -OCH3 is 1. The van der Waals surface area contributed by atoms with Crippen molar-refractivity contribution in [1.82, 2.24) is 0 Å². The van der Waals surface area contributed by atoms with E-state index in [1.165, 1.54) is 64.9 Å². The maximum Gasteiger partial charge on any atom is 0.305 e. The molecule has 2 saturated carbocycles. The van der Waals surface area contributed by atoms with Crippen LogP contribution in [0.15, 0.2) is 11.6 Å². The van der Waals surface area contributed by atoms with Crippen LogP contribution in [0.3, 0.4) is 0 Å². The average molecular weight is 519 g/mol. The van der Waals surface area contributed by atoms with Gasteiger partial charge in [0.1, 0.15) is 0 Å². The van der Waals surface area contributed by atoms with Crippen LogP contribution in [0.1, 0.15) is 119 Å². The van der Waals surface area contributed by atoms with E-state index in [9.17, 15) is 4.79 Å². The molecule has 0 amide bonds. The second-order valence-electron chi connectivity index (χ2n) is 14.5. The molecular weight excluding hydrogens is 460 g/mol. The third-order valence-electron chi connectivity index (χ3n) is 11.2. The number of rotatable bonds is 10. The highest BCUT2D eigenvalue weighted by Gasteiger charge is 2.50. The highest BCUT2D eigenvalue weighted by atomic mass is 28.4. The van der Waals surface area contributed by atoms with E-state index in [1.807, 2.05) is 0 Å². The van der Waals surface area contributed by atoms with Crippen molar-refractivity contribution in [1.29, 1.82) is 0 Å². The Morgan fingerprint density at radius 2 is 1.94 bits per heavy atom. The summed E-state index contributed by atoms with van der Waals surface area (Å²) >= 11 is 0. The summed E-state index contributed by atoms with van der Waals surface area (Å²) in [6.45, 7) is 19.3. The topological polar surface area (TPSA) is 35.5 Å². The lowest BCUT2D eigenvalue weighted by atomic mass is 9.53. The molecule has 0 spiro atoms. The Bertz CT molecular complexity index is 766. The fraction of sp³-hybridized carbons (Fsp3) is 0.906. The van der Waals surface area contributed by atoms with Crippen molar-refractivity contribution < 1.29 is 14.0 Å². The molecule has 3 aliphatic carbocycles. The predicted octanol–water partition coefficient (Wildman–Crippen LogP) is 9.33. The molecular formula is C32H58O3Si. The summed E-state index contributed by atoms with van der Waals surface area (Å²) in [7, 11) is -0.230. The van der Waals surface area contributed by atoms with E-state index in [1.54, 1.807) is 5.57 Å². The standard InChI is InChI=1S/C32H58O3Si/c1-10-11-12-29-28(25-15-14-24(21-25)23(2)13-18-30(33)34-7)17-16-26-22-27(19-20-32(26,29)6)35-36(8,9)31(3,4)5/h16,23-25,27-29H,10-15,17-22H2,1-9H3/t23-,24+,25-,27?,28+,29+,32+/m1/s1. The first-order valence-electron chi connectivity index (χ1n) is 15.3. The Hall–Kier alpha value is -0.613. The van der Waals surface area contributed by atoms with Gasteiger partial charge in [0.15, 0.2) is 8.32 Å². The van der Waals surface area contributed by atoms with Crippen molar-refractivity contribution in [2.45, 2.75) is 143 Å². The van der Waals surface area contributed by atoms with Gasteiger partial charge >= 0.3 is 5.97 Å². The number of esters is 1. The molecule has 1 unspecified atom stereocenters. The number of carbonyl (C=O) groups excluding carboxylic acids is 1. The van der Waals surface area contributed by atoms with Crippen LogP contribution in [0.4, 0.5) is 0 Å². The van der Waals surface area contributed by atoms with Crippen LogP contribution in [0.2, 0.25) is 18.1 Å². The number of ether oxygens (including phenoxy) is 1. The van der Waals surface area contributed by atoms with Crippen molar-refractivity contribution in [3.8, 4) is 0 Å². The summed E-state index contributed by atoms with van der Waals surface area (Å²) < 4.78 is 11.8. The SMILES string of the molecule is CCCC[C@H]1[C@H]([C@@H]2CC[C@H]([C@H](C)CCC(=O)OC)C2)CC=C2CC(O[Si](C)(C)C(C)(C)C)CC[C@@]21C. The highest BCUT2D eigenvalue weighted by molar-refractivity contribution is 6.74. The summed E-state index contributed by atoms with van der Waals surface area (Å²) in [4.78, 5) is 11.7. The van der Waals surface area contributed by atoms with E-state index >= 15 is 0 Å². The van der Waals surface area contributed by atoms with Crippen molar-refractivity contribution in [2.75, 3.05) is 7.11 Å². The first-order chi connectivity index (χ1) is 16.8. The van der Waals surface area contributed by atoms with Gasteiger partial charge < -0.3 is 9.16 Å².